The Labute approximate surface area is 84.9 Å². The molecule has 0 saturated carbocycles. The van der Waals surface area contributed by atoms with E-state index in [9.17, 15) is 0 Å². The monoisotopic (exact) mass is 194 g/mol. The van der Waals surface area contributed by atoms with Crippen LogP contribution in [0.1, 0.15) is 48.3 Å². The van der Waals surface area contributed by atoms with Gasteiger partial charge in [0.05, 0.1) is 5.38 Å². The second-order valence-corrected chi connectivity index (χ2v) is 4.63. The van der Waals surface area contributed by atoms with Gasteiger partial charge in [-0.05, 0) is 42.4 Å². The molecular formula is C12H15Cl. The second kappa shape index (κ2) is 3.34. The number of rotatable bonds is 1. The molecule has 0 N–H and O–H groups in total. The highest BCUT2D eigenvalue weighted by molar-refractivity contribution is 6.20. The summed E-state index contributed by atoms with van der Waals surface area (Å²) in [6.07, 6.45) is 2.52. The molecule has 2 atom stereocenters. The van der Waals surface area contributed by atoms with Gasteiger partial charge in [0.1, 0.15) is 0 Å². The van der Waals surface area contributed by atoms with E-state index in [0.717, 1.165) is 0 Å². The Morgan fingerprint density at radius 1 is 1.46 bits per heavy atom. The van der Waals surface area contributed by atoms with Gasteiger partial charge >= 0.3 is 0 Å². The van der Waals surface area contributed by atoms with E-state index in [1.54, 1.807) is 0 Å². The van der Waals surface area contributed by atoms with Gasteiger partial charge in [0, 0.05) is 0 Å². The average Bonchev–Trinajstić information content (AvgIpc) is 2.48. The molecule has 0 aliphatic heterocycles. The highest BCUT2D eigenvalue weighted by Gasteiger charge is 2.22. The van der Waals surface area contributed by atoms with Gasteiger partial charge in [-0.15, -0.1) is 11.6 Å². The van der Waals surface area contributed by atoms with Crippen LogP contribution in [0.4, 0.5) is 0 Å². The third-order valence-electron chi connectivity index (χ3n) is 3.00. The lowest BCUT2D eigenvalue weighted by Crippen LogP contribution is -1.96. The van der Waals surface area contributed by atoms with Crippen molar-refractivity contribution in [1.82, 2.24) is 0 Å². The molecule has 1 aliphatic carbocycles. The molecule has 1 heteroatoms. The third-order valence-corrected chi connectivity index (χ3v) is 3.23. The summed E-state index contributed by atoms with van der Waals surface area (Å²) in [5, 5.41) is 0.149. The molecule has 1 aliphatic rings. The van der Waals surface area contributed by atoms with Crippen LogP contribution in [-0.2, 0) is 6.42 Å². The van der Waals surface area contributed by atoms with Crippen molar-refractivity contribution >= 4 is 11.6 Å². The number of hydrogen-bond acceptors (Lipinski definition) is 0. The van der Waals surface area contributed by atoms with Crippen molar-refractivity contribution in [1.29, 1.82) is 0 Å². The molecule has 0 spiro atoms. The third kappa shape index (κ3) is 1.48. The van der Waals surface area contributed by atoms with Gasteiger partial charge in [0.2, 0.25) is 0 Å². The van der Waals surface area contributed by atoms with E-state index in [0.29, 0.717) is 5.92 Å². The molecule has 1 aromatic rings. The summed E-state index contributed by atoms with van der Waals surface area (Å²) in [6.45, 7) is 4.36. The number of halogens is 1. The number of benzene rings is 1. The highest BCUT2D eigenvalue weighted by Crippen LogP contribution is 2.38. The van der Waals surface area contributed by atoms with E-state index >= 15 is 0 Å². The normalized spacial score (nSPS) is 22.8. The zero-order valence-corrected chi connectivity index (χ0v) is 8.93. The minimum atomic E-state index is 0.149. The van der Waals surface area contributed by atoms with E-state index in [-0.39, 0.29) is 5.38 Å². The Hall–Kier alpha value is -0.490. The van der Waals surface area contributed by atoms with Crippen LogP contribution in [0, 0.1) is 0 Å². The lowest BCUT2D eigenvalue weighted by Gasteiger charge is -2.13. The first-order valence-electron chi connectivity index (χ1n) is 4.96. The summed E-state index contributed by atoms with van der Waals surface area (Å²) in [6, 6.07) is 6.53. The van der Waals surface area contributed by atoms with Crippen molar-refractivity contribution in [2.45, 2.75) is 38.0 Å². The Morgan fingerprint density at radius 2 is 2.23 bits per heavy atom. The fourth-order valence-electron chi connectivity index (χ4n) is 2.32. The summed E-state index contributed by atoms with van der Waals surface area (Å²) in [4.78, 5) is 0. The van der Waals surface area contributed by atoms with Gasteiger partial charge < -0.3 is 0 Å². The molecule has 0 radical (unpaired) electrons. The molecule has 70 valence electrons. The Bertz CT molecular complexity index is 315. The van der Waals surface area contributed by atoms with Crippen LogP contribution < -0.4 is 0 Å². The van der Waals surface area contributed by atoms with Crippen molar-refractivity contribution in [3.63, 3.8) is 0 Å². The minimum absolute atomic E-state index is 0.149. The number of aryl methyl sites for hydroxylation is 1. The molecule has 0 amide bonds. The minimum Gasteiger partial charge on any atom is -0.118 e. The van der Waals surface area contributed by atoms with Gasteiger partial charge in [0.15, 0.2) is 0 Å². The molecule has 0 aromatic heterocycles. The van der Waals surface area contributed by atoms with Crippen molar-refractivity contribution < 1.29 is 0 Å². The van der Waals surface area contributed by atoms with E-state index < -0.39 is 0 Å². The molecule has 0 bridgehead atoms. The first kappa shape index (κ1) is 9.08. The lowest BCUT2D eigenvalue weighted by atomic mass is 9.95. The first-order chi connectivity index (χ1) is 6.20. The van der Waals surface area contributed by atoms with E-state index in [1.165, 1.54) is 29.5 Å². The molecule has 0 saturated heterocycles. The van der Waals surface area contributed by atoms with Crippen molar-refractivity contribution in [2.24, 2.45) is 0 Å². The van der Waals surface area contributed by atoms with Crippen LogP contribution in [0.3, 0.4) is 0 Å². The molecule has 0 heterocycles. The summed E-state index contributed by atoms with van der Waals surface area (Å²) >= 11 is 6.15. The van der Waals surface area contributed by atoms with Crippen molar-refractivity contribution in [3.8, 4) is 0 Å². The van der Waals surface area contributed by atoms with Gasteiger partial charge in [0.25, 0.3) is 0 Å². The van der Waals surface area contributed by atoms with Crippen LogP contribution in [0.5, 0.6) is 0 Å². The fraction of sp³-hybridized carbons (Fsp3) is 0.500. The SMILES string of the molecule is CC(Cl)c1cccc2c1C(C)CC2. The van der Waals surface area contributed by atoms with Crippen LogP contribution in [0.2, 0.25) is 0 Å². The van der Waals surface area contributed by atoms with Crippen LogP contribution >= 0.6 is 11.6 Å². The Morgan fingerprint density at radius 3 is 2.92 bits per heavy atom. The molecule has 1 aromatic carbocycles. The van der Waals surface area contributed by atoms with E-state index in [4.69, 9.17) is 11.6 Å². The van der Waals surface area contributed by atoms with E-state index in [2.05, 4.69) is 32.0 Å². The predicted molar refractivity (Wildman–Crippen MR) is 57.4 cm³/mol. The summed E-state index contributed by atoms with van der Waals surface area (Å²) in [5.41, 5.74) is 4.37. The van der Waals surface area contributed by atoms with Crippen LogP contribution in [-0.4, -0.2) is 0 Å². The number of alkyl halides is 1. The second-order valence-electron chi connectivity index (χ2n) is 3.98. The summed E-state index contributed by atoms with van der Waals surface area (Å²) in [7, 11) is 0. The van der Waals surface area contributed by atoms with Gasteiger partial charge in [-0.3, -0.25) is 0 Å². The van der Waals surface area contributed by atoms with E-state index in [1.807, 2.05) is 0 Å². The topological polar surface area (TPSA) is 0 Å². The van der Waals surface area contributed by atoms with Crippen molar-refractivity contribution in [3.05, 3.63) is 34.9 Å². The lowest BCUT2D eigenvalue weighted by molar-refractivity contribution is 0.740. The largest absolute Gasteiger partial charge is 0.118 e. The summed E-state index contributed by atoms with van der Waals surface area (Å²) < 4.78 is 0. The Kier molecular flexibility index (Phi) is 2.33. The van der Waals surface area contributed by atoms with Gasteiger partial charge in [-0.25, -0.2) is 0 Å². The predicted octanol–water partition coefficient (Wildman–Crippen LogP) is 4.04. The fourth-order valence-corrected chi connectivity index (χ4v) is 2.51. The zero-order valence-electron chi connectivity index (χ0n) is 8.18. The maximum atomic E-state index is 6.15. The van der Waals surface area contributed by atoms with Crippen molar-refractivity contribution in [2.75, 3.05) is 0 Å². The molecule has 13 heavy (non-hydrogen) atoms. The smallest absolute Gasteiger partial charge is 0.0559 e. The molecule has 2 unspecified atom stereocenters. The Balaban J connectivity index is 2.53. The molecule has 0 nitrogen and oxygen atoms in total. The van der Waals surface area contributed by atoms with Crippen LogP contribution in [0.15, 0.2) is 18.2 Å². The number of hydrogen-bond donors (Lipinski definition) is 0. The van der Waals surface area contributed by atoms with Crippen LogP contribution in [0.25, 0.3) is 0 Å². The number of fused-ring (bicyclic) bond motifs is 1. The maximum absolute atomic E-state index is 6.15. The first-order valence-corrected chi connectivity index (χ1v) is 5.39. The average molecular weight is 195 g/mol. The molecule has 0 fully saturated rings. The maximum Gasteiger partial charge on any atom is 0.0559 e. The standard InChI is InChI=1S/C12H15Cl/c1-8-6-7-10-4-3-5-11(9(2)13)12(8)10/h3-5,8-9H,6-7H2,1-2H3. The zero-order chi connectivity index (χ0) is 9.42. The highest BCUT2D eigenvalue weighted by atomic mass is 35.5. The quantitative estimate of drug-likeness (QED) is 0.592. The van der Waals surface area contributed by atoms with Gasteiger partial charge in [-0.2, -0.15) is 0 Å². The summed E-state index contributed by atoms with van der Waals surface area (Å²) in [5.74, 6) is 0.701. The molecule has 2 rings (SSSR count). The van der Waals surface area contributed by atoms with Gasteiger partial charge in [-0.1, -0.05) is 25.1 Å². The molecular weight excluding hydrogens is 180 g/mol.